The van der Waals surface area contributed by atoms with Crippen LogP contribution in [0, 0.1) is 5.82 Å². The van der Waals surface area contributed by atoms with Gasteiger partial charge in [0.25, 0.3) is 0 Å². The molecule has 1 atom stereocenters. The van der Waals surface area contributed by atoms with Crippen molar-refractivity contribution < 1.29 is 13.9 Å². The molecule has 3 aromatic carbocycles. The SMILES string of the molecule is COc1cccc(NC(=O)N2CCc3c([nH]c4ccc(Cl)cc34)[C@H]2c2ccc(F)cc2)c1. The predicted molar refractivity (Wildman–Crippen MR) is 124 cm³/mol. The molecule has 162 valence electrons. The number of hydrogen-bond donors (Lipinski definition) is 2. The third-order valence-electron chi connectivity index (χ3n) is 5.86. The zero-order valence-corrected chi connectivity index (χ0v) is 18.1. The van der Waals surface area contributed by atoms with Crippen molar-refractivity contribution in [1.82, 2.24) is 9.88 Å². The number of aromatic nitrogens is 1. The molecule has 0 radical (unpaired) electrons. The second-order valence-corrected chi connectivity index (χ2v) is 8.20. The molecule has 0 aliphatic carbocycles. The van der Waals surface area contributed by atoms with Crippen LogP contribution < -0.4 is 10.1 Å². The number of rotatable bonds is 3. The summed E-state index contributed by atoms with van der Waals surface area (Å²) in [6.07, 6.45) is 0.679. The number of methoxy groups -OCH3 is 1. The zero-order chi connectivity index (χ0) is 22.2. The summed E-state index contributed by atoms with van der Waals surface area (Å²) in [5.41, 5.74) is 4.47. The smallest absolute Gasteiger partial charge is 0.322 e. The Morgan fingerprint density at radius 1 is 1.16 bits per heavy atom. The fraction of sp³-hybridized carbons (Fsp3) is 0.160. The number of anilines is 1. The molecule has 5 nitrogen and oxygen atoms in total. The lowest BCUT2D eigenvalue weighted by atomic mass is 9.92. The number of H-pyrrole nitrogens is 1. The molecule has 0 saturated heterocycles. The summed E-state index contributed by atoms with van der Waals surface area (Å²) < 4.78 is 18.9. The highest BCUT2D eigenvalue weighted by molar-refractivity contribution is 6.31. The van der Waals surface area contributed by atoms with E-state index in [-0.39, 0.29) is 11.8 Å². The predicted octanol–water partition coefficient (Wildman–Crippen LogP) is 6.15. The molecule has 2 heterocycles. The summed E-state index contributed by atoms with van der Waals surface area (Å²) in [5, 5.41) is 4.68. The van der Waals surface area contributed by atoms with Crippen LogP contribution in [0.2, 0.25) is 5.02 Å². The number of urea groups is 1. The van der Waals surface area contributed by atoms with E-state index in [0.29, 0.717) is 29.4 Å². The van der Waals surface area contributed by atoms with Gasteiger partial charge in [-0.1, -0.05) is 29.8 Å². The van der Waals surface area contributed by atoms with E-state index in [2.05, 4.69) is 10.3 Å². The Morgan fingerprint density at radius 2 is 1.97 bits per heavy atom. The second kappa shape index (κ2) is 8.20. The molecule has 0 saturated carbocycles. The van der Waals surface area contributed by atoms with Crippen molar-refractivity contribution in [2.75, 3.05) is 19.0 Å². The second-order valence-electron chi connectivity index (χ2n) is 7.77. The molecule has 0 spiro atoms. The molecule has 1 aliphatic rings. The van der Waals surface area contributed by atoms with E-state index in [1.54, 1.807) is 30.2 Å². The van der Waals surface area contributed by atoms with Gasteiger partial charge in [-0.25, -0.2) is 9.18 Å². The summed E-state index contributed by atoms with van der Waals surface area (Å²) >= 11 is 6.24. The van der Waals surface area contributed by atoms with Crippen LogP contribution >= 0.6 is 11.6 Å². The number of ether oxygens (including phenoxy) is 1. The van der Waals surface area contributed by atoms with Crippen molar-refractivity contribution in [3.63, 3.8) is 0 Å². The lowest BCUT2D eigenvalue weighted by Gasteiger charge is -2.36. The van der Waals surface area contributed by atoms with E-state index in [1.807, 2.05) is 36.4 Å². The first-order valence-electron chi connectivity index (χ1n) is 10.3. The maximum Gasteiger partial charge on any atom is 0.322 e. The highest BCUT2D eigenvalue weighted by Gasteiger charge is 2.34. The Morgan fingerprint density at radius 3 is 2.75 bits per heavy atom. The molecule has 1 aliphatic heterocycles. The van der Waals surface area contributed by atoms with E-state index in [9.17, 15) is 9.18 Å². The maximum absolute atomic E-state index is 13.6. The molecule has 0 unspecified atom stereocenters. The molecule has 32 heavy (non-hydrogen) atoms. The molecule has 2 N–H and O–H groups in total. The number of hydrogen-bond acceptors (Lipinski definition) is 2. The van der Waals surface area contributed by atoms with Crippen LogP contribution in [0.3, 0.4) is 0 Å². The molecular formula is C25H21ClFN3O2. The summed E-state index contributed by atoms with van der Waals surface area (Å²) in [6.45, 7) is 0.504. The van der Waals surface area contributed by atoms with Crippen LogP contribution in [0.15, 0.2) is 66.7 Å². The fourth-order valence-electron chi connectivity index (χ4n) is 4.37. The number of halogens is 2. The highest BCUT2D eigenvalue weighted by Crippen LogP contribution is 2.39. The van der Waals surface area contributed by atoms with Crippen molar-refractivity contribution in [3.05, 3.63) is 94.4 Å². The number of benzene rings is 3. The van der Waals surface area contributed by atoms with Crippen LogP contribution in [-0.2, 0) is 6.42 Å². The first kappa shape index (κ1) is 20.4. The van der Waals surface area contributed by atoms with Crippen molar-refractivity contribution in [2.24, 2.45) is 0 Å². The number of nitrogens with zero attached hydrogens (tertiary/aromatic N) is 1. The number of amides is 2. The van der Waals surface area contributed by atoms with Crippen LogP contribution in [0.1, 0.15) is 22.9 Å². The Labute approximate surface area is 189 Å². The molecule has 1 aromatic heterocycles. The average molecular weight is 450 g/mol. The van der Waals surface area contributed by atoms with Gasteiger partial charge in [-0.05, 0) is 60.0 Å². The molecule has 5 rings (SSSR count). The quantitative estimate of drug-likeness (QED) is 0.394. The molecule has 7 heteroatoms. The average Bonchev–Trinajstić information content (AvgIpc) is 3.17. The van der Waals surface area contributed by atoms with E-state index >= 15 is 0 Å². The van der Waals surface area contributed by atoms with Gasteiger partial charge >= 0.3 is 6.03 Å². The molecular weight excluding hydrogens is 429 g/mol. The lowest BCUT2D eigenvalue weighted by molar-refractivity contribution is 0.193. The summed E-state index contributed by atoms with van der Waals surface area (Å²) in [6, 6.07) is 18.6. The van der Waals surface area contributed by atoms with Gasteiger partial charge in [-0.15, -0.1) is 0 Å². The van der Waals surface area contributed by atoms with Gasteiger partial charge in [-0.3, -0.25) is 0 Å². The monoisotopic (exact) mass is 449 g/mol. The molecule has 0 bridgehead atoms. The maximum atomic E-state index is 13.6. The van der Waals surface area contributed by atoms with Crippen molar-refractivity contribution in [2.45, 2.75) is 12.5 Å². The molecule has 2 amide bonds. The third-order valence-corrected chi connectivity index (χ3v) is 6.09. The minimum absolute atomic E-state index is 0.241. The van der Waals surface area contributed by atoms with E-state index < -0.39 is 6.04 Å². The fourth-order valence-corrected chi connectivity index (χ4v) is 4.54. The normalized spacial score (nSPS) is 15.5. The molecule has 0 fully saturated rings. The Balaban J connectivity index is 1.56. The van der Waals surface area contributed by atoms with Gasteiger partial charge in [0.2, 0.25) is 0 Å². The summed E-state index contributed by atoms with van der Waals surface area (Å²) in [5.74, 6) is 0.340. The van der Waals surface area contributed by atoms with Gasteiger partial charge in [0, 0.05) is 39.9 Å². The van der Waals surface area contributed by atoms with Gasteiger partial charge < -0.3 is 19.9 Å². The zero-order valence-electron chi connectivity index (χ0n) is 17.4. The Kier molecular flexibility index (Phi) is 5.23. The first-order valence-corrected chi connectivity index (χ1v) is 10.7. The standard InChI is InChI=1S/C25H21ClFN3O2/c1-32-19-4-2-3-18(14-19)28-25(31)30-12-11-20-21-13-16(26)7-10-22(21)29-23(20)24(30)15-5-8-17(27)9-6-15/h2-10,13-14,24,29H,11-12H2,1H3,(H,28,31)/t24-/m1/s1. The van der Waals surface area contributed by atoms with Gasteiger partial charge in [0.05, 0.1) is 13.2 Å². The van der Waals surface area contributed by atoms with E-state index in [0.717, 1.165) is 27.7 Å². The van der Waals surface area contributed by atoms with Crippen molar-refractivity contribution in [1.29, 1.82) is 0 Å². The topological polar surface area (TPSA) is 57.4 Å². The Bertz CT molecular complexity index is 1300. The molecule has 4 aromatic rings. The van der Waals surface area contributed by atoms with Gasteiger partial charge in [-0.2, -0.15) is 0 Å². The minimum Gasteiger partial charge on any atom is -0.497 e. The number of carbonyl (C=O) groups is 1. The largest absolute Gasteiger partial charge is 0.497 e. The Hall–Kier alpha value is -3.51. The number of nitrogens with one attached hydrogen (secondary N) is 2. The number of fused-ring (bicyclic) bond motifs is 3. The summed E-state index contributed by atoms with van der Waals surface area (Å²) in [4.78, 5) is 18.6. The number of carbonyl (C=O) groups excluding carboxylic acids is 1. The minimum atomic E-state index is -0.392. The van der Waals surface area contributed by atoms with Gasteiger partial charge in [0.1, 0.15) is 11.6 Å². The first-order chi connectivity index (χ1) is 15.5. The van der Waals surface area contributed by atoms with Crippen LogP contribution in [0.4, 0.5) is 14.9 Å². The van der Waals surface area contributed by atoms with Gasteiger partial charge in [0.15, 0.2) is 0 Å². The van der Waals surface area contributed by atoms with Crippen LogP contribution in [0.25, 0.3) is 10.9 Å². The lowest BCUT2D eigenvalue weighted by Crippen LogP contribution is -2.43. The van der Waals surface area contributed by atoms with Crippen molar-refractivity contribution >= 4 is 34.2 Å². The van der Waals surface area contributed by atoms with Crippen LogP contribution in [0.5, 0.6) is 5.75 Å². The number of aromatic amines is 1. The van der Waals surface area contributed by atoms with Crippen molar-refractivity contribution in [3.8, 4) is 5.75 Å². The highest BCUT2D eigenvalue weighted by atomic mass is 35.5. The summed E-state index contributed by atoms with van der Waals surface area (Å²) in [7, 11) is 1.58. The van der Waals surface area contributed by atoms with Crippen LogP contribution in [-0.4, -0.2) is 29.6 Å². The third kappa shape index (κ3) is 3.67. The van der Waals surface area contributed by atoms with E-state index in [1.165, 1.54) is 12.1 Å². The van der Waals surface area contributed by atoms with E-state index in [4.69, 9.17) is 16.3 Å².